The molecule has 258 valence electrons. The van der Waals surface area contributed by atoms with Crippen LogP contribution < -0.4 is 14.8 Å². The molecule has 2 heterocycles. The van der Waals surface area contributed by atoms with Gasteiger partial charge in [0.1, 0.15) is 15.7 Å². The molecule has 47 heavy (non-hydrogen) atoms. The normalized spacial score (nSPS) is 28.1. The minimum atomic E-state index is -3.13. The van der Waals surface area contributed by atoms with Crippen LogP contribution in [0, 0.1) is 11.8 Å². The zero-order chi connectivity index (χ0) is 33.6. The number of nitrogens with two attached hydrogens (primary N) is 1. The fraction of sp³-hybridized carbons (Fsp3) is 0.622. The first kappa shape index (κ1) is 35.0. The van der Waals surface area contributed by atoms with Crippen LogP contribution >= 0.6 is 11.6 Å². The molecule has 2 aliphatic heterocycles. The van der Waals surface area contributed by atoms with Gasteiger partial charge in [0.05, 0.1) is 23.3 Å². The summed E-state index contributed by atoms with van der Waals surface area (Å²) in [7, 11) is -5.42. The van der Waals surface area contributed by atoms with Crippen molar-refractivity contribution in [1.29, 1.82) is 0 Å². The summed E-state index contributed by atoms with van der Waals surface area (Å²) in [6, 6.07) is 12.2. The Morgan fingerprint density at radius 1 is 1.19 bits per heavy atom. The minimum Gasteiger partial charge on any atom is -0.490 e. The number of anilines is 1. The Kier molecular flexibility index (Phi) is 10.00. The van der Waals surface area contributed by atoms with Crippen LogP contribution in [-0.2, 0) is 31.2 Å². The number of hydrogen-bond donors (Lipinski definition) is 1. The molecule has 1 saturated heterocycles. The summed E-state index contributed by atoms with van der Waals surface area (Å²) in [5.41, 5.74) is 3.39. The van der Waals surface area contributed by atoms with Crippen molar-refractivity contribution in [1.82, 2.24) is 0 Å². The number of hydrogen-bond acceptors (Lipinski definition) is 6. The summed E-state index contributed by atoms with van der Waals surface area (Å²) < 4.78 is 38.3. The monoisotopic (exact) mass is 699 g/mol. The predicted molar refractivity (Wildman–Crippen MR) is 195 cm³/mol. The molecule has 2 N–H and O–H groups in total. The summed E-state index contributed by atoms with van der Waals surface area (Å²) in [6.07, 6.45) is 10.3. The summed E-state index contributed by atoms with van der Waals surface area (Å²) in [4.78, 5) is 3.05. The minimum absolute atomic E-state index is 0.0523. The van der Waals surface area contributed by atoms with Gasteiger partial charge in [0.15, 0.2) is 14.5 Å². The van der Waals surface area contributed by atoms with Gasteiger partial charge in [-0.05, 0) is 123 Å². The maximum Gasteiger partial charge on any atom is 0.195 e. The average Bonchev–Trinajstić information content (AvgIpc) is 3.15. The van der Waals surface area contributed by atoms with Crippen molar-refractivity contribution in [3.05, 3.63) is 65.2 Å². The molecule has 0 bridgehead atoms. The second kappa shape index (κ2) is 13.4. The van der Waals surface area contributed by atoms with Crippen LogP contribution in [0.15, 0.2) is 58.0 Å². The Morgan fingerprint density at radius 2 is 2.00 bits per heavy atom. The molecule has 2 aliphatic carbocycles. The van der Waals surface area contributed by atoms with Gasteiger partial charge in [-0.3, -0.25) is 4.03 Å². The first-order chi connectivity index (χ1) is 22.2. The van der Waals surface area contributed by atoms with Gasteiger partial charge in [0, 0.05) is 30.1 Å². The number of halogens is 1. The third-order valence-corrected chi connectivity index (χ3v) is 19.3. The molecule has 2 aromatic carbocycles. The van der Waals surface area contributed by atoms with Gasteiger partial charge in [0.25, 0.3) is 0 Å². The van der Waals surface area contributed by atoms with Crippen LogP contribution in [0.1, 0.15) is 76.8 Å². The van der Waals surface area contributed by atoms with E-state index in [1.807, 2.05) is 30.3 Å². The lowest BCUT2D eigenvalue weighted by Gasteiger charge is -2.46. The van der Waals surface area contributed by atoms with Gasteiger partial charge in [-0.15, -0.1) is 6.58 Å². The van der Waals surface area contributed by atoms with Gasteiger partial charge in [-0.1, -0.05) is 44.5 Å². The van der Waals surface area contributed by atoms with Crippen LogP contribution in [-0.4, -0.2) is 51.1 Å². The smallest absolute Gasteiger partial charge is 0.195 e. The third-order valence-electron chi connectivity index (χ3n) is 11.6. The van der Waals surface area contributed by atoms with Gasteiger partial charge < -0.3 is 19.1 Å². The fourth-order valence-electron chi connectivity index (χ4n) is 7.67. The molecule has 7 nitrogen and oxygen atoms in total. The molecule has 0 amide bonds. The highest BCUT2D eigenvalue weighted by Gasteiger charge is 2.45. The standard InChI is InChI=1S/C37H54ClN3O4SSi/c1-7-33(45-35-12-8-9-20-43-35)30-16-13-27(30)23-41-24-37(19-10-11-26-21-28(38)14-17-31(26)37)25-44-34-18-15-29(22-32(34)41)46(39,42)40-47(5,6)36(2,3)4/h7,14-15,17-18,21-22,27,30,33,35H,1,8-13,16,19-20,23-25H2,2-6H3,(H2,39,40,42)/t27-,30+,33-,35?,37-,46?/m0/s1. The highest BCUT2D eigenvalue weighted by atomic mass is 35.5. The second-order valence-corrected chi connectivity index (χ2v) is 23.2. The van der Waals surface area contributed by atoms with Crippen LogP contribution in [0.3, 0.4) is 0 Å². The third kappa shape index (κ3) is 7.22. The first-order valence-corrected chi connectivity index (χ1v) is 22.4. The van der Waals surface area contributed by atoms with E-state index in [2.05, 4.69) is 57.5 Å². The van der Waals surface area contributed by atoms with E-state index in [0.717, 1.165) is 87.5 Å². The quantitative estimate of drug-likeness (QED) is 0.220. The molecule has 6 rings (SSSR count). The van der Waals surface area contributed by atoms with E-state index in [0.29, 0.717) is 23.3 Å². The van der Waals surface area contributed by atoms with Crippen molar-refractivity contribution in [2.24, 2.45) is 21.0 Å². The molecule has 1 spiro atoms. The zero-order valence-electron chi connectivity index (χ0n) is 28.9. The Bertz CT molecular complexity index is 1600. The van der Waals surface area contributed by atoms with Gasteiger partial charge in [0.2, 0.25) is 0 Å². The summed E-state index contributed by atoms with van der Waals surface area (Å²) in [5, 5.41) is 7.34. The lowest BCUT2D eigenvalue weighted by Crippen LogP contribution is -2.50. The predicted octanol–water partition coefficient (Wildman–Crippen LogP) is 8.64. The van der Waals surface area contributed by atoms with E-state index < -0.39 is 18.2 Å². The largest absolute Gasteiger partial charge is 0.490 e. The van der Waals surface area contributed by atoms with E-state index in [1.165, 1.54) is 11.1 Å². The van der Waals surface area contributed by atoms with Gasteiger partial charge >= 0.3 is 0 Å². The number of aryl methyl sites for hydroxylation is 1. The Morgan fingerprint density at radius 3 is 2.68 bits per heavy atom. The number of rotatable bonds is 8. The van der Waals surface area contributed by atoms with Crippen molar-refractivity contribution >= 4 is 35.4 Å². The van der Waals surface area contributed by atoms with Crippen LogP contribution in [0.4, 0.5) is 5.69 Å². The van der Waals surface area contributed by atoms with E-state index in [1.54, 1.807) is 0 Å². The summed E-state index contributed by atoms with van der Waals surface area (Å²) in [5.74, 6) is 1.56. The highest BCUT2D eigenvalue weighted by molar-refractivity contribution is 7.92. The van der Waals surface area contributed by atoms with E-state index in [9.17, 15) is 4.21 Å². The van der Waals surface area contributed by atoms with Crippen molar-refractivity contribution in [2.75, 3.05) is 31.2 Å². The molecule has 4 aliphatic rings. The van der Waals surface area contributed by atoms with Crippen LogP contribution in [0.5, 0.6) is 5.75 Å². The molecule has 6 atom stereocenters. The molecule has 2 aromatic rings. The number of ether oxygens (including phenoxy) is 3. The van der Waals surface area contributed by atoms with Gasteiger partial charge in [-0.2, -0.15) is 0 Å². The summed E-state index contributed by atoms with van der Waals surface area (Å²) in [6.45, 7) is 17.9. The Labute approximate surface area is 289 Å². The van der Waals surface area contributed by atoms with E-state index in [-0.39, 0.29) is 22.8 Å². The molecule has 2 fully saturated rings. The molecule has 2 unspecified atom stereocenters. The molecular formula is C37H54ClN3O4SSi. The van der Waals surface area contributed by atoms with Crippen LogP contribution in [0.25, 0.3) is 0 Å². The number of nitrogens with zero attached hydrogens (tertiary/aromatic N) is 2. The maximum absolute atomic E-state index is 14.2. The maximum atomic E-state index is 14.2. The highest BCUT2D eigenvalue weighted by Crippen LogP contribution is 2.47. The molecule has 10 heteroatoms. The second-order valence-electron chi connectivity index (χ2n) is 15.8. The molecular weight excluding hydrogens is 646 g/mol. The fourth-order valence-corrected chi connectivity index (χ4v) is 12.6. The average molecular weight is 700 g/mol. The van der Waals surface area contributed by atoms with Gasteiger partial charge in [-0.25, -0.2) is 9.35 Å². The van der Waals surface area contributed by atoms with Crippen molar-refractivity contribution in [3.63, 3.8) is 0 Å². The van der Waals surface area contributed by atoms with E-state index >= 15 is 0 Å². The molecule has 1 saturated carbocycles. The lowest BCUT2D eigenvalue weighted by atomic mass is 9.68. The first-order valence-electron chi connectivity index (χ1n) is 17.5. The number of benzene rings is 2. The van der Waals surface area contributed by atoms with Crippen molar-refractivity contribution in [2.45, 2.75) is 113 Å². The lowest BCUT2D eigenvalue weighted by molar-refractivity contribution is -0.197. The molecule has 0 radical (unpaired) electrons. The number of fused-ring (bicyclic) bond motifs is 3. The van der Waals surface area contributed by atoms with Crippen molar-refractivity contribution in [3.8, 4) is 5.75 Å². The summed E-state index contributed by atoms with van der Waals surface area (Å²) >= 11 is 6.48. The van der Waals surface area contributed by atoms with E-state index in [4.69, 9.17) is 35.0 Å². The SMILES string of the molecule is C=C[C@H](OC1CCCCO1)[C@@H]1CC[C@H]1CN1C[C@@]2(CCCc3cc(Cl)ccc32)COc2ccc(S(N)(=O)=N[Si](C)(C)C(C)(C)C)cc21. The topological polar surface area (TPSA) is 86.4 Å². The van der Waals surface area contributed by atoms with Crippen molar-refractivity contribution < 1.29 is 18.4 Å². The zero-order valence-corrected chi connectivity index (χ0v) is 31.5. The Hall–Kier alpha value is -1.88. The molecule has 0 aromatic heterocycles. The van der Waals surface area contributed by atoms with Crippen LogP contribution in [0.2, 0.25) is 23.2 Å². The Balaban J connectivity index is 1.37.